The van der Waals surface area contributed by atoms with Gasteiger partial charge in [-0.05, 0) is 24.6 Å². The van der Waals surface area contributed by atoms with E-state index in [0.29, 0.717) is 0 Å². The van der Waals surface area contributed by atoms with Crippen LogP contribution in [0.25, 0.3) is 0 Å². The lowest BCUT2D eigenvalue weighted by Gasteiger charge is -1.98. The predicted molar refractivity (Wildman–Crippen MR) is 35.6 cm³/mol. The van der Waals surface area contributed by atoms with Crippen LogP contribution in [0.5, 0.6) is 0 Å². The molecule has 0 spiro atoms. The molecule has 0 amide bonds. The maximum absolute atomic E-state index is 10.6. The van der Waals surface area contributed by atoms with Crippen LogP contribution in [0.4, 0.5) is 0 Å². The molecular weight excluding hydrogens is 114 g/mol. The summed E-state index contributed by atoms with van der Waals surface area (Å²) in [5.74, 6) is -0.208. The van der Waals surface area contributed by atoms with Gasteiger partial charge in [-0.3, -0.25) is 10.2 Å². The third kappa shape index (κ3) is 1.13. The predicted octanol–water partition coefficient (Wildman–Crippen LogP) is 1.09. The van der Waals surface area contributed by atoms with Crippen LogP contribution >= 0.6 is 0 Å². The van der Waals surface area contributed by atoms with Gasteiger partial charge in [-0.25, -0.2) is 0 Å². The SMILES string of the molecule is CC1=CC(=N)C(=O)C=C1. The molecule has 0 heterocycles. The second kappa shape index (κ2) is 1.97. The molecule has 2 heteroatoms. The molecular formula is C7H7NO. The minimum absolute atomic E-state index is 0.0787. The molecule has 1 aliphatic carbocycles. The van der Waals surface area contributed by atoms with Crippen molar-refractivity contribution >= 4 is 11.5 Å². The monoisotopic (exact) mass is 121 g/mol. The van der Waals surface area contributed by atoms with Gasteiger partial charge in [-0.1, -0.05) is 6.08 Å². The average molecular weight is 121 g/mol. The smallest absolute Gasteiger partial charge is 0.203 e. The zero-order valence-electron chi connectivity index (χ0n) is 5.14. The third-order valence-corrected chi connectivity index (χ3v) is 1.14. The standard InChI is InChI=1S/C7H7NO/c1-5-2-3-7(9)6(8)4-5/h2-4,8H,1H3. The molecule has 0 aliphatic heterocycles. The van der Waals surface area contributed by atoms with Crippen molar-refractivity contribution in [2.24, 2.45) is 0 Å². The van der Waals surface area contributed by atoms with Crippen LogP contribution < -0.4 is 0 Å². The Morgan fingerprint density at radius 2 is 2.11 bits per heavy atom. The Hall–Kier alpha value is -1.18. The minimum Gasteiger partial charge on any atom is -0.297 e. The van der Waals surface area contributed by atoms with E-state index in [1.807, 2.05) is 6.92 Å². The lowest BCUT2D eigenvalue weighted by atomic mass is 10.1. The van der Waals surface area contributed by atoms with E-state index < -0.39 is 0 Å². The van der Waals surface area contributed by atoms with Crippen molar-refractivity contribution in [2.75, 3.05) is 0 Å². The van der Waals surface area contributed by atoms with Crippen molar-refractivity contribution in [3.8, 4) is 0 Å². The molecule has 9 heavy (non-hydrogen) atoms. The molecule has 0 aromatic heterocycles. The van der Waals surface area contributed by atoms with Crippen molar-refractivity contribution in [1.82, 2.24) is 0 Å². The summed E-state index contributed by atoms with van der Waals surface area (Å²) < 4.78 is 0. The summed E-state index contributed by atoms with van der Waals surface area (Å²) in [6.07, 6.45) is 4.68. The van der Waals surface area contributed by atoms with E-state index >= 15 is 0 Å². The van der Waals surface area contributed by atoms with Gasteiger partial charge < -0.3 is 0 Å². The van der Waals surface area contributed by atoms with E-state index in [0.717, 1.165) is 5.57 Å². The minimum atomic E-state index is -0.208. The number of nitrogens with one attached hydrogen (secondary N) is 1. The average Bonchev–Trinajstić information content (AvgIpc) is 1.80. The highest BCUT2D eigenvalue weighted by Gasteiger charge is 2.05. The van der Waals surface area contributed by atoms with E-state index in [9.17, 15) is 4.79 Å². The first-order valence-corrected chi connectivity index (χ1v) is 2.69. The van der Waals surface area contributed by atoms with Crippen LogP contribution in [-0.2, 0) is 4.79 Å². The van der Waals surface area contributed by atoms with E-state index in [2.05, 4.69) is 0 Å². The summed E-state index contributed by atoms with van der Waals surface area (Å²) in [6.45, 7) is 1.86. The van der Waals surface area contributed by atoms with Crippen LogP contribution in [0, 0.1) is 5.41 Å². The van der Waals surface area contributed by atoms with Gasteiger partial charge in [0, 0.05) is 0 Å². The first-order valence-electron chi connectivity index (χ1n) is 2.69. The fourth-order valence-corrected chi connectivity index (χ4v) is 0.644. The van der Waals surface area contributed by atoms with E-state index in [1.165, 1.54) is 6.08 Å². The second-order valence-electron chi connectivity index (χ2n) is 2.00. The molecule has 0 saturated carbocycles. The van der Waals surface area contributed by atoms with E-state index in [-0.39, 0.29) is 11.5 Å². The Bertz CT molecular complexity index is 223. The van der Waals surface area contributed by atoms with Gasteiger partial charge in [0.25, 0.3) is 0 Å². The number of carbonyl (C=O) groups is 1. The quantitative estimate of drug-likeness (QED) is 0.479. The summed E-state index contributed by atoms with van der Waals surface area (Å²) in [6, 6.07) is 0. The van der Waals surface area contributed by atoms with Gasteiger partial charge in [0.15, 0.2) is 0 Å². The molecule has 0 radical (unpaired) electrons. The molecule has 1 rings (SSSR count). The van der Waals surface area contributed by atoms with E-state index in [4.69, 9.17) is 5.41 Å². The van der Waals surface area contributed by atoms with Crippen molar-refractivity contribution in [3.63, 3.8) is 0 Å². The topological polar surface area (TPSA) is 40.9 Å². The zero-order valence-corrected chi connectivity index (χ0v) is 5.14. The fourth-order valence-electron chi connectivity index (χ4n) is 0.644. The van der Waals surface area contributed by atoms with Gasteiger partial charge in [0.05, 0.1) is 0 Å². The Morgan fingerprint density at radius 3 is 2.56 bits per heavy atom. The third-order valence-electron chi connectivity index (χ3n) is 1.14. The Kier molecular flexibility index (Phi) is 1.30. The van der Waals surface area contributed by atoms with Crippen molar-refractivity contribution in [2.45, 2.75) is 6.92 Å². The number of rotatable bonds is 0. The largest absolute Gasteiger partial charge is 0.297 e. The van der Waals surface area contributed by atoms with Gasteiger partial charge in [-0.15, -0.1) is 0 Å². The van der Waals surface area contributed by atoms with Crippen LogP contribution in [0.3, 0.4) is 0 Å². The number of allylic oxidation sites excluding steroid dienone is 4. The number of ketones is 1. The van der Waals surface area contributed by atoms with Gasteiger partial charge in [-0.2, -0.15) is 0 Å². The molecule has 2 nitrogen and oxygen atoms in total. The molecule has 0 saturated heterocycles. The lowest BCUT2D eigenvalue weighted by molar-refractivity contribution is -0.108. The molecule has 1 aliphatic rings. The highest BCUT2D eigenvalue weighted by Crippen LogP contribution is 2.02. The van der Waals surface area contributed by atoms with E-state index in [1.54, 1.807) is 12.2 Å². The Labute approximate surface area is 53.4 Å². The molecule has 0 aromatic carbocycles. The van der Waals surface area contributed by atoms with Crippen molar-refractivity contribution in [1.29, 1.82) is 5.41 Å². The fraction of sp³-hybridized carbons (Fsp3) is 0.143. The summed E-state index contributed by atoms with van der Waals surface area (Å²) in [4.78, 5) is 10.6. The highest BCUT2D eigenvalue weighted by atomic mass is 16.1. The van der Waals surface area contributed by atoms with Crippen LogP contribution in [-0.4, -0.2) is 11.5 Å². The van der Waals surface area contributed by atoms with Gasteiger partial charge in [0.1, 0.15) is 5.71 Å². The van der Waals surface area contributed by atoms with Gasteiger partial charge >= 0.3 is 0 Å². The van der Waals surface area contributed by atoms with Crippen LogP contribution in [0.1, 0.15) is 6.92 Å². The first-order chi connectivity index (χ1) is 4.20. The maximum atomic E-state index is 10.6. The molecule has 0 fully saturated rings. The molecule has 46 valence electrons. The normalized spacial score (nSPS) is 18.1. The summed E-state index contributed by atoms with van der Waals surface area (Å²) in [7, 11) is 0. The first kappa shape index (κ1) is 5.95. The lowest BCUT2D eigenvalue weighted by Crippen LogP contribution is -2.09. The van der Waals surface area contributed by atoms with Crippen molar-refractivity contribution in [3.05, 3.63) is 23.8 Å². The van der Waals surface area contributed by atoms with Crippen molar-refractivity contribution < 1.29 is 4.79 Å². The Morgan fingerprint density at radius 1 is 1.44 bits per heavy atom. The molecule has 1 N–H and O–H groups in total. The summed E-state index contributed by atoms with van der Waals surface area (Å²) in [5, 5.41) is 7.05. The van der Waals surface area contributed by atoms with Crippen LogP contribution in [0.15, 0.2) is 23.8 Å². The molecule has 0 unspecified atom stereocenters. The zero-order chi connectivity index (χ0) is 6.85. The Balaban J connectivity index is 2.95. The molecule has 0 aromatic rings. The summed E-state index contributed by atoms with van der Waals surface area (Å²) in [5.41, 5.74) is 1.04. The van der Waals surface area contributed by atoms with Gasteiger partial charge in [0.2, 0.25) is 5.78 Å². The second-order valence-corrected chi connectivity index (χ2v) is 2.00. The highest BCUT2D eigenvalue weighted by molar-refractivity contribution is 6.47. The summed E-state index contributed by atoms with van der Waals surface area (Å²) >= 11 is 0. The number of hydrogen-bond donors (Lipinski definition) is 1. The molecule has 0 atom stereocenters. The van der Waals surface area contributed by atoms with Crippen LogP contribution in [0.2, 0.25) is 0 Å². The maximum Gasteiger partial charge on any atom is 0.203 e. The number of hydrogen-bond acceptors (Lipinski definition) is 2. The number of carbonyl (C=O) groups excluding carboxylic acids is 1. The molecule has 0 bridgehead atoms.